The van der Waals surface area contributed by atoms with Crippen LogP contribution in [0.4, 0.5) is 11.4 Å². The molecule has 0 radical (unpaired) electrons. The summed E-state index contributed by atoms with van der Waals surface area (Å²) in [5.74, 6) is 2.77. The van der Waals surface area contributed by atoms with Crippen molar-refractivity contribution in [2.75, 3.05) is 11.4 Å². The molecule has 0 saturated heterocycles. The number of benzene rings is 2. The standard InChI is InChI=1S/C16H13ClN2O/c17-11-7-8-15-13(10-11)19(16-6-3-9-18-16)12-4-1-2-5-14(12)20-15/h1-2,4-5,7-8,10H,3,6,9H2. The monoisotopic (exact) mass is 284 g/mol. The van der Waals surface area contributed by atoms with Crippen molar-refractivity contribution in [3.8, 4) is 11.5 Å². The van der Waals surface area contributed by atoms with Crippen molar-refractivity contribution in [2.45, 2.75) is 12.8 Å². The molecule has 2 aliphatic rings. The number of hydrogen-bond acceptors (Lipinski definition) is 3. The summed E-state index contributed by atoms with van der Waals surface area (Å²) in [5, 5.41) is 0.704. The van der Waals surface area contributed by atoms with E-state index in [1.165, 1.54) is 0 Å². The smallest absolute Gasteiger partial charge is 0.151 e. The molecule has 2 aromatic carbocycles. The van der Waals surface area contributed by atoms with Crippen LogP contribution in [0.5, 0.6) is 11.5 Å². The van der Waals surface area contributed by atoms with Crippen molar-refractivity contribution in [1.82, 2.24) is 0 Å². The Kier molecular flexibility index (Phi) is 2.67. The maximum Gasteiger partial charge on any atom is 0.151 e. The van der Waals surface area contributed by atoms with Crippen molar-refractivity contribution in [3.63, 3.8) is 0 Å². The lowest BCUT2D eigenvalue weighted by molar-refractivity contribution is 0.477. The molecular formula is C16H13ClN2O. The summed E-state index contributed by atoms with van der Waals surface area (Å²) >= 11 is 6.15. The first kappa shape index (κ1) is 11.8. The number of nitrogens with zero attached hydrogens (tertiary/aromatic N) is 2. The highest BCUT2D eigenvalue weighted by Crippen LogP contribution is 2.48. The van der Waals surface area contributed by atoms with E-state index in [9.17, 15) is 0 Å². The van der Waals surface area contributed by atoms with Gasteiger partial charge in [-0.15, -0.1) is 0 Å². The number of fused-ring (bicyclic) bond motifs is 2. The maximum atomic E-state index is 6.15. The van der Waals surface area contributed by atoms with Crippen molar-refractivity contribution >= 4 is 28.8 Å². The molecule has 2 heterocycles. The van der Waals surface area contributed by atoms with Gasteiger partial charge in [0.05, 0.1) is 11.4 Å². The van der Waals surface area contributed by atoms with Crippen molar-refractivity contribution < 1.29 is 4.74 Å². The average molecular weight is 285 g/mol. The third kappa shape index (κ3) is 1.78. The lowest BCUT2D eigenvalue weighted by atomic mass is 10.1. The van der Waals surface area contributed by atoms with Gasteiger partial charge in [-0.3, -0.25) is 9.89 Å². The summed E-state index contributed by atoms with van der Waals surface area (Å²) in [4.78, 5) is 6.80. The van der Waals surface area contributed by atoms with Gasteiger partial charge in [-0.05, 0) is 36.8 Å². The minimum Gasteiger partial charge on any atom is -0.453 e. The molecule has 0 atom stereocenters. The molecule has 0 fully saturated rings. The fraction of sp³-hybridized carbons (Fsp3) is 0.188. The number of aliphatic imine (C=N–C) groups is 1. The Morgan fingerprint density at radius 2 is 1.90 bits per heavy atom. The summed E-state index contributed by atoms with van der Waals surface area (Å²) in [6.07, 6.45) is 2.09. The summed E-state index contributed by atoms with van der Waals surface area (Å²) in [7, 11) is 0. The molecule has 0 aromatic heterocycles. The number of para-hydroxylation sites is 2. The second kappa shape index (κ2) is 4.53. The number of ether oxygens (including phenoxy) is 1. The quantitative estimate of drug-likeness (QED) is 0.696. The second-order valence-electron chi connectivity index (χ2n) is 4.92. The summed E-state index contributed by atoms with van der Waals surface area (Å²) in [6, 6.07) is 13.7. The second-order valence-corrected chi connectivity index (χ2v) is 5.36. The van der Waals surface area contributed by atoms with E-state index >= 15 is 0 Å². The first-order chi connectivity index (χ1) is 9.83. The van der Waals surface area contributed by atoms with E-state index in [0.29, 0.717) is 5.02 Å². The molecule has 0 unspecified atom stereocenters. The lowest BCUT2D eigenvalue weighted by Gasteiger charge is -2.32. The summed E-state index contributed by atoms with van der Waals surface area (Å²) in [6.45, 7) is 0.894. The zero-order valence-electron chi connectivity index (χ0n) is 10.8. The van der Waals surface area contributed by atoms with Gasteiger partial charge < -0.3 is 4.74 Å². The Morgan fingerprint density at radius 3 is 2.75 bits per heavy atom. The molecule has 0 saturated carbocycles. The molecule has 20 heavy (non-hydrogen) atoms. The Balaban J connectivity index is 1.93. The maximum absolute atomic E-state index is 6.15. The van der Waals surface area contributed by atoms with Crippen LogP contribution in [0.25, 0.3) is 0 Å². The SMILES string of the molecule is Clc1ccc2c(c1)N(C1=NCCC1)c1ccccc1O2. The number of anilines is 2. The third-order valence-electron chi connectivity index (χ3n) is 3.60. The first-order valence-electron chi connectivity index (χ1n) is 6.73. The normalized spacial score (nSPS) is 16.2. The number of halogens is 1. The predicted octanol–water partition coefficient (Wildman–Crippen LogP) is 4.78. The van der Waals surface area contributed by atoms with Crippen molar-refractivity contribution in [2.24, 2.45) is 4.99 Å². The molecule has 0 N–H and O–H groups in total. The zero-order valence-corrected chi connectivity index (χ0v) is 11.6. The highest BCUT2D eigenvalue weighted by atomic mass is 35.5. The van der Waals surface area contributed by atoms with Crippen molar-refractivity contribution in [1.29, 1.82) is 0 Å². The zero-order chi connectivity index (χ0) is 13.5. The molecule has 4 rings (SSSR count). The Hall–Kier alpha value is -2.00. The molecule has 0 bridgehead atoms. The van der Waals surface area contributed by atoms with Gasteiger partial charge >= 0.3 is 0 Å². The highest BCUT2D eigenvalue weighted by Gasteiger charge is 2.28. The van der Waals surface area contributed by atoms with Crippen LogP contribution in [0.3, 0.4) is 0 Å². The van der Waals surface area contributed by atoms with Crippen LogP contribution in [0.15, 0.2) is 47.5 Å². The highest BCUT2D eigenvalue weighted by molar-refractivity contribution is 6.31. The Labute approximate surface area is 122 Å². The van der Waals surface area contributed by atoms with Gasteiger partial charge in [0.1, 0.15) is 5.84 Å². The molecular weight excluding hydrogens is 272 g/mol. The van der Waals surface area contributed by atoms with Gasteiger partial charge in [0.2, 0.25) is 0 Å². The van der Waals surface area contributed by atoms with Gasteiger partial charge in [-0.25, -0.2) is 0 Å². The number of rotatable bonds is 0. The van der Waals surface area contributed by atoms with Gasteiger partial charge in [-0.2, -0.15) is 0 Å². The van der Waals surface area contributed by atoms with Crippen LogP contribution >= 0.6 is 11.6 Å². The number of hydrogen-bond donors (Lipinski definition) is 0. The molecule has 2 aromatic rings. The average Bonchev–Trinajstić information content (AvgIpc) is 2.98. The topological polar surface area (TPSA) is 24.8 Å². The summed E-state index contributed by atoms with van der Waals surface area (Å²) in [5.41, 5.74) is 2.00. The van der Waals surface area contributed by atoms with Crippen LogP contribution in [-0.2, 0) is 0 Å². The van der Waals surface area contributed by atoms with Gasteiger partial charge in [-0.1, -0.05) is 23.7 Å². The van der Waals surface area contributed by atoms with E-state index in [2.05, 4.69) is 16.0 Å². The fourth-order valence-electron chi connectivity index (χ4n) is 2.71. The first-order valence-corrected chi connectivity index (χ1v) is 7.10. The van der Waals surface area contributed by atoms with Crippen molar-refractivity contribution in [3.05, 3.63) is 47.5 Å². The largest absolute Gasteiger partial charge is 0.453 e. The summed E-state index contributed by atoms with van der Waals surface area (Å²) < 4.78 is 5.97. The van der Waals surface area contributed by atoms with E-state index < -0.39 is 0 Å². The van der Waals surface area contributed by atoms with E-state index in [1.54, 1.807) is 0 Å². The van der Waals surface area contributed by atoms with Gasteiger partial charge in [0.15, 0.2) is 11.5 Å². The Bertz CT molecular complexity index is 711. The van der Waals surface area contributed by atoms with Crippen LogP contribution in [0, 0.1) is 0 Å². The van der Waals surface area contributed by atoms with Crippen LogP contribution in [0.2, 0.25) is 5.02 Å². The van der Waals surface area contributed by atoms with E-state index in [4.69, 9.17) is 16.3 Å². The molecule has 100 valence electrons. The minimum atomic E-state index is 0.704. The van der Waals surface area contributed by atoms with Crippen LogP contribution in [0.1, 0.15) is 12.8 Å². The minimum absolute atomic E-state index is 0.704. The molecule has 3 nitrogen and oxygen atoms in total. The molecule has 0 spiro atoms. The molecule has 0 aliphatic carbocycles. The third-order valence-corrected chi connectivity index (χ3v) is 3.83. The number of amidine groups is 1. The fourth-order valence-corrected chi connectivity index (χ4v) is 2.88. The Morgan fingerprint density at radius 1 is 1.05 bits per heavy atom. The van der Waals surface area contributed by atoms with Crippen LogP contribution in [-0.4, -0.2) is 12.4 Å². The van der Waals surface area contributed by atoms with E-state index in [1.807, 2.05) is 36.4 Å². The molecule has 0 amide bonds. The van der Waals surface area contributed by atoms with E-state index in [0.717, 1.165) is 48.1 Å². The molecule has 2 aliphatic heterocycles. The predicted molar refractivity (Wildman–Crippen MR) is 81.6 cm³/mol. The van der Waals surface area contributed by atoms with Gasteiger partial charge in [0, 0.05) is 18.0 Å². The molecule has 4 heteroatoms. The van der Waals surface area contributed by atoms with E-state index in [-0.39, 0.29) is 0 Å². The van der Waals surface area contributed by atoms with Crippen LogP contribution < -0.4 is 9.64 Å². The van der Waals surface area contributed by atoms with Gasteiger partial charge in [0.25, 0.3) is 0 Å². The lowest BCUT2D eigenvalue weighted by Crippen LogP contribution is -2.27.